The highest BCUT2D eigenvalue weighted by Crippen LogP contribution is 2.33. The lowest BCUT2D eigenvalue weighted by atomic mass is 9.84. The predicted octanol–water partition coefficient (Wildman–Crippen LogP) is 2.62. The third kappa shape index (κ3) is 4.19. The second kappa shape index (κ2) is 7.75. The van der Waals surface area contributed by atoms with Crippen molar-refractivity contribution in [2.45, 2.75) is 31.9 Å². The Balaban J connectivity index is 1.44. The Hall–Kier alpha value is -3.06. The van der Waals surface area contributed by atoms with Crippen LogP contribution in [0.1, 0.15) is 29.5 Å². The van der Waals surface area contributed by atoms with Crippen molar-refractivity contribution < 1.29 is 9.50 Å². The van der Waals surface area contributed by atoms with Crippen molar-refractivity contribution in [3.05, 3.63) is 87.9 Å². The van der Waals surface area contributed by atoms with Gasteiger partial charge in [-0.2, -0.15) is 4.98 Å². The Morgan fingerprint density at radius 2 is 1.72 bits per heavy atom. The third-order valence-electron chi connectivity index (χ3n) is 5.48. The summed E-state index contributed by atoms with van der Waals surface area (Å²) in [5.74, 6) is 0.0469. The number of anilines is 1. The Kier molecular flexibility index (Phi) is 5.15. The molecule has 1 saturated heterocycles. The molecule has 29 heavy (non-hydrogen) atoms. The van der Waals surface area contributed by atoms with Crippen molar-refractivity contribution in [2.24, 2.45) is 0 Å². The van der Waals surface area contributed by atoms with E-state index in [2.05, 4.69) is 9.97 Å². The van der Waals surface area contributed by atoms with Gasteiger partial charge in [-0.05, 0) is 43.0 Å². The van der Waals surface area contributed by atoms with E-state index in [-0.39, 0.29) is 11.5 Å². The first-order chi connectivity index (χ1) is 13.9. The average molecular weight is 394 g/mol. The fourth-order valence-electron chi connectivity index (χ4n) is 3.63. The molecule has 0 radical (unpaired) electrons. The number of piperidine rings is 1. The number of halogens is 1. The molecule has 1 aromatic heterocycles. The summed E-state index contributed by atoms with van der Waals surface area (Å²) < 4.78 is 14.6. The molecule has 2 aromatic carbocycles. The number of benzene rings is 2. The van der Waals surface area contributed by atoms with Gasteiger partial charge in [0.2, 0.25) is 5.95 Å². The lowest BCUT2D eigenvalue weighted by Gasteiger charge is -2.38. The van der Waals surface area contributed by atoms with Crippen molar-refractivity contribution in [1.29, 1.82) is 0 Å². The maximum absolute atomic E-state index is 13.1. The van der Waals surface area contributed by atoms with Gasteiger partial charge in [-0.1, -0.05) is 42.0 Å². The van der Waals surface area contributed by atoms with Crippen LogP contribution in [-0.4, -0.2) is 32.7 Å². The molecule has 0 atom stereocenters. The molecule has 4 rings (SSSR count). The largest absolute Gasteiger partial charge is 0.385 e. The van der Waals surface area contributed by atoms with Gasteiger partial charge in [-0.3, -0.25) is 4.57 Å². The lowest BCUT2D eigenvalue weighted by Crippen LogP contribution is -2.44. The van der Waals surface area contributed by atoms with Crippen LogP contribution in [0.5, 0.6) is 0 Å². The van der Waals surface area contributed by atoms with Crippen molar-refractivity contribution in [3.8, 4) is 0 Å². The first kappa shape index (κ1) is 19.3. The summed E-state index contributed by atoms with van der Waals surface area (Å²) in [5.41, 5.74) is 1.52. The van der Waals surface area contributed by atoms with Crippen LogP contribution in [0.25, 0.3) is 0 Å². The highest BCUT2D eigenvalue weighted by Gasteiger charge is 2.34. The topological polar surface area (TPSA) is 71.2 Å². The molecule has 0 amide bonds. The Labute approximate surface area is 168 Å². The molecule has 1 aliphatic rings. The van der Waals surface area contributed by atoms with Gasteiger partial charge in [0.1, 0.15) is 12.1 Å². The summed E-state index contributed by atoms with van der Waals surface area (Å²) >= 11 is 0. The van der Waals surface area contributed by atoms with Crippen LogP contribution in [0.15, 0.2) is 59.7 Å². The number of rotatable bonds is 4. The van der Waals surface area contributed by atoms with Crippen LogP contribution in [0, 0.1) is 12.7 Å². The van der Waals surface area contributed by atoms with E-state index >= 15 is 0 Å². The number of hydrogen-bond acceptors (Lipinski definition) is 5. The second-order valence-corrected chi connectivity index (χ2v) is 7.58. The van der Waals surface area contributed by atoms with E-state index in [0.29, 0.717) is 44.0 Å². The van der Waals surface area contributed by atoms with Gasteiger partial charge < -0.3 is 10.0 Å². The van der Waals surface area contributed by atoms with Crippen LogP contribution in [0.4, 0.5) is 10.3 Å². The van der Waals surface area contributed by atoms with Crippen LogP contribution < -0.4 is 10.6 Å². The molecular weight excluding hydrogens is 371 g/mol. The molecule has 0 unspecified atom stereocenters. The number of hydrogen-bond donors (Lipinski definition) is 1. The lowest BCUT2D eigenvalue weighted by molar-refractivity contribution is 0.0114. The summed E-state index contributed by atoms with van der Waals surface area (Å²) in [7, 11) is 0. The molecule has 0 saturated carbocycles. The van der Waals surface area contributed by atoms with Crippen LogP contribution >= 0.6 is 0 Å². The Morgan fingerprint density at radius 1 is 1.07 bits per heavy atom. The summed E-state index contributed by atoms with van der Waals surface area (Å²) in [5, 5.41) is 10.9. The van der Waals surface area contributed by atoms with Crippen LogP contribution in [0.2, 0.25) is 0 Å². The highest BCUT2D eigenvalue weighted by atomic mass is 19.1. The monoisotopic (exact) mass is 394 g/mol. The maximum Gasteiger partial charge on any atom is 0.352 e. The molecule has 3 aromatic rings. The van der Waals surface area contributed by atoms with Crippen molar-refractivity contribution in [1.82, 2.24) is 14.5 Å². The van der Waals surface area contributed by atoms with Gasteiger partial charge in [0.25, 0.3) is 0 Å². The number of nitrogens with zero attached hydrogens (tertiary/aromatic N) is 4. The summed E-state index contributed by atoms with van der Waals surface area (Å²) in [4.78, 5) is 22.8. The molecular formula is C22H23FN4O2. The van der Waals surface area contributed by atoms with E-state index in [9.17, 15) is 14.3 Å². The van der Waals surface area contributed by atoms with Gasteiger partial charge in [-0.25, -0.2) is 14.2 Å². The molecule has 0 aliphatic carbocycles. The quantitative estimate of drug-likeness (QED) is 0.737. The van der Waals surface area contributed by atoms with E-state index in [4.69, 9.17) is 0 Å². The normalized spacial score (nSPS) is 16.0. The van der Waals surface area contributed by atoms with Gasteiger partial charge in [-0.15, -0.1) is 0 Å². The van der Waals surface area contributed by atoms with Gasteiger partial charge >= 0.3 is 5.69 Å². The SMILES string of the molecule is Cc1ccc(Cn2cnc(N3CCC(O)(c4ccc(F)cc4)CC3)nc2=O)cc1. The summed E-state index contributed by atoms with van der Waals surface area (Å²) in [6.45, 7) is 3.46. The average Bonchev–Trinajstić information content (AvgIpc) is 2.72. The first-order valence-corrected chi connectivity index (χ1v) is 9.65. The molecule has 6 nitrogen and oxygen atoms in total. The van der Waals surface area contributed by atoms with Gasteiger partial charge in [0.05, 0.1) is 12.1 Å². The maximum atomic E-state index is 13.1. The molecule has 0 spiro atoms. The molecule has 1 aliphatic heterocycles. The van der Waals surface area contributed by atoms with E-state index in [1.54, 1.807) is 12.1 Å². The summed E-state index contributed by atoms with van der Waals surface area (Å²) in [6, 6.07) is 13.9. The third-order valence-corrected chi connectivity index (χ3v) is 5.48. The molecule has 1 fully saturated rings. The smallest absolute Gasteiger partial charge is 0.352 e. The zero-order chi connectivity index (χ0) is 20.4. The van der Waals surface area contributed by atoms with Crippen LogP contribution in [-0.2, 0) is 12.1 Å². The van der Waals surface area contributed by atoms with Gasteiger partial charge in [0, 0.05) is 13.1 Å². The van der Waals surface area contributed by atoms with Crippen LogP contribution in [0.3, 0.4) is 0 Å². The molecule has 7 heteroatoms. The minimum atomic E-state index is -1.01. The van der Waals surface area contributed by atoms with Gasteiger partial charge in [0.15, 0.2) is 0 Å². The Bertz CT molecular complexity index is 1040. The molecule has 2 heterocycles. The number of aryl methyl sites for hydroxylation is 1. The van der Waals surface area contributed by atoms with E-state index in [1.165, 1.54) is 28.6 Å². The minimum Gasteiger partial charge on any atom is -0.385 e. The van der Waals surface area contributed by atoms with Crippen molar-refractivity contribution in [2.75, 3.05) is 18.0 Å². The number of aromatic nitrogens is 3. The van der Waals surface area contributed by atoms with E-state index < -0.39 is 5.60 Å². The first-order valence-electron chi connectivity index (χ1n) is 9.65. The highest BCUT2D eigenvalue weighted by molar-refractivity contribution is 5.32. The fraction of sp³-hybridized carbons (Fsp3) is 0.318. The minimum absolute atomic E-state index is 0.325. The molecule has 1 N–H and O–H groups in total. The van der Waals surface area contributed by atoms with E-state index in [1.807, 2.05) is 36.1 Å². The predicted molar refractivity (Wildman–Crippen MR) is 108 cm³/mol. The van der Waals surface area contributed by atoms with Crippen molar-refractivity contribution >= 4 is 5.95 Å². The number of aliphatic hydroxyl groups is 1. The molecule has 0 bridgehead atoms. The fourth-order valence-corrected chi connectivity index (χ4v) is 3.63. The zero-order valence-corrected chi connectivity index (χ0v) is 16.3. The standard InChI is InChI=1S/C22H23FN4O2/c1-16-2-4-17(5-3-16)14-27-15-24-20(25-21(27)28)26-12-10-22(29,11-13-26)18-6-8-19(23)9-7-18/h2-9,15,29H,10-14H2,1H3. The second-order valence-electron chi connectivity index (χ2n) is 7.58. The Morgan fingerprint density at radius 3 is 2.34 bits per heavy atom. The summed E-state index contributed by atoms with van der Waals surface area (Å²) in [6.07, 6.45) is 2.42. The van der Waals surface area contributed by atoms with Crippen molar-refractivity contribution in [3.63, 3.8) is 0 Å². The molecule has 150 valence electrons. The zero-order valence-electron chi connectivity index (χ0n) is 16.3. The van der Waals surface area contributed by atoms with E-state index in [0.717, 1.165) is 5.56 Å².